The van der Waals surface area contributed by atoms with Gasteiger partial charge in [0.05, 0.1) is 5.39 Å². The monoisotopic (exact) mass is 287 g/mol. The van der Waals surface area contributed by atoms with E-state index in [9.17, 15) is 9.50 Å². The van der Waals surface area contributed by atoms with E-state index in [-0.39, 0.29) is 16.9 Å². The molecule has 0 spiro atoms. The predicted molar refractivity (Wildman–Crippen MR) is 79.5 cm³/mol. The first-order chi connectivity index (χ1) is 10.1. The summed E-state index contributed by atoms with van der Waals surface area (Å²) in [6, 6.07) is 3.12. The third-order valence-electron chi connectivity index (χ3n) is 4.07. The van der Waals surface area contributed by atoms with Crippen LogP contribution in [0, 0.1) is 11.2 Å². The van der Waals surface area contributed by atoms with Crippen LogP contribution in [-0.4, -0.2) is 5.11 Å². The van der Waals surface area contributed by atoms with Gasteiger partial charge in [0.1, 0.15) is 5.75 Å². The number of fused-ring (bicyclic) bond motifs is 1. The van der Waals surface area contributed by atoms with Gasteiger partial charge in [-0.2, -0.15) is 0 Å². The highest BCUT2D eigenvalue weighted by atomic mass is 19.1. The maximum Gasteiger partial charge on any atom is 0.215 e. The summed E-state index contributed by atoms with van der Waals surface area (Å²) in [6.45, 7) is 1.89. The number of phenols is 1. The van der Waals surface area contributed by atoms with Gasteiger partial charge in [0.25, 0.3) is 0 Å². The molecule has 0 saturated heterocycles. The largest absolute Gasteiger partial charge is 0.507 e. The fourth-order valence-corrected chi connectivity index (χ4v) is 2.86. The van der Waals surface area contributed by atoms with E-state index in [1.165, 1.54) is 6.07 Å². The van der Waals surface area contributed by atoms with E-state index in [0.717, 1.165) is 31.3 Å². The SMILES string of the molecule is CCc1cc2c(O)cc(C3=CCCCC3)c(F)c2oc1=N. The second kappa shape index (κ2) is 5.35. The Hall–Kier alpha value is -2.10. The fraction of sp³-hybridized carbons (Fsp3) is 0.353. The van der Waals surface area contributed by atoms with Gasteiger partial charge in [-0.15, -0.1) is 0 Å². The summed E-state index contributed by atoms with van der Waals surface area (Å²) in [6.07, 6.45) is 6.51. The molecule has 1 aliphatic rings. The van der Waals surface area contributed by atoms with Crippen LogP contribution in [0.5, 0.6) is 5.75 Å². The van der Waals surface area contributed by atoms with Crippen LogP contribution in [0.1, 0.15) is 43.7 Å². The lowest BCUT2D eigenvalue weighted by molar-refractivity contribution is 0.467. The van der Waals surface area contributed by atoms with Gasteiger partial charge in [0.15, 0.2) is 11.4 Å². The molecule has 0 fully saturated rings. The average Bonchev–Trinajstić information content (AvgIpc) is 2.51. The summed E-state index contributed by atoms with van der Waals surface area (Å²) in [5, 5.41) is 18.3. The summed E-state index contributed by atoms with van der Waals surface area (Å²) in [5.41, 5.74) is 1.89. The van der Waals surface area contributed by atoms with E-state index in [0.29, 0.717) is 22.9 Å². The van der Waals surface area contributed by atoms with Crippen LogP contribution >= 0.6 is 0 Å². The normalized spacial score (nSPS) is 15.2. The molecular formula is C17H18FNO2. The van der Waals surface area contributed by atoms with Gasteiger partial charge in [-0.3, -0.25) is 5.41 Å². The Bertz CT molecular complexity index is 789. The minimum atomic E-state index is -0.480. The summed E-state index contributed by atoms with van der Waals surface area (Å²) in [4.78, 5) is 0. The third kappa shape index (κ3) is 2.35. The Morgan fingerprint density at radius 2 is 2.14 bits per heavy atom. The van der Waals surface area contributed by atoms with Crippen molar-refractivity contribution in [1.82, 2.24) is 0 Å². The van der Waals surface area contributed by atoms with Crippen LogP contribution in [-0.2, 0) is 6.42 Å². The first kappa shape index (κ1) is 13.9. The van der Waals surface area contributed by atoms with E-state index in [4.69, 9.17) is 9.83 Å². The number of benzene rings is 1. The molecule has 0 bridgehead atoms. The zero-order valence-electron chi connectivity index (χ0n) is 12.0. The van der Waals surface area contributed by atoms with Crippen LogP contribution in [0.3, 0.4) is 0 Å². The Balaban J connectivity index is 2.28. The molecule has 3 nitrogen and oxygen atoms in total. The molecule has 0 atom stereocenters. The molecular weight excluding hydrogens is 269 g/mol. The lowest BCUT2D eigenvalue weighted by Crippen LogP contribution is -2.07. The van der Waals surface area contributed by atoms with Gasteiger partial charge in [0.2, 0.25) is 5.55 Å². The van der Waals surface area contributed by atoms with Crippen molar-refractivity contribution in [2.75, 3.05) is 0 Å². The van der Waals surface area contributed by atoms with Gasteiger partial charge < -0.3 is 9.52 Å². The number of hydrogen-bond acceptors (Lipinski definition) is 3. The number of rotatable bonds is 2. The van der Waals surface area contributed by atoms with Gasteiger partial charge >= 0.3 is 0 Å². The molecule has 4 heteroatoms. The first-order valence-corrected chi connectivity index (χ1v) is 7.34. The Kier molecular flexibility index (Phi) is 3.53. The maximum absolute atomic E-state index is 14.7. The van der Waals surface area contributed by atoms with E-state index in [2.05, 4.69) is 0 Å². The average molecular weight is 287 g/mol. The van der Waals surface area contributed by atoms with E-state index in [1.54, 1.807) is 6.07 Å². The molecule has 2 aromatic rings. The van der Waals surface area contributed by atoms with Crippen LogP contribution in [0.4, 0.5) is 4.39 Å². The number of aryl methyl sites for hydroxylation is 1. The van der Waals surface area contributed by atoms with Crippen molar-refractivity contribution >= 4 is 16.5 Å². The van der Waals surface area contributed by atoms with Crippen molar-refractivity contribution in [1.29, 1.82) is 5.41 Å². The lowest BCUT2D eigenvalue weighted by Gasteiger charge is -2.15. The highest BCUT2D eigenvalue weighted by molar-refractivity contribution is 5.88. The molecule has 0 amide bonds. The van der Waals surface area contributed by atoms with Crippen molar-refractivity contribution in [3.8, 4) is 5.75 Å². The number of nitrogens with one attached hydrogen (secondary N) is 1. The first-order valence-electron chi connectivity index (χ1n) is 7.34. The summed E-state index contributed by atoms with van der Waals surface area (Å²) >= 11 is 0. The van der Waals surface area contributed by atoms with E-state index >= 15 is 0 Å². The molecule has 0 saturated carbocycles. The van der Waals surface area contributed by atoms with Crippen molar-refractivity contribution in [2.24, 2.45) is 0 Å². The zero-order chi connectivity index (χ0) is 15.0. The predicted octanol–water partition coefficient (Wildman–Crippen LogP) is 4.28. The number of phenolic OH excluding ortho intramolecular Hbond substituents is 1. The standard InChI is InChI=1S/C17H18FNO2/c1-2-10-8-13-14(20)9-12(11-6-4-3-5-7-11)15(18)16(13)21-17(10)19/h6,8-9,19-20H,2-5,7H2,1H3. The molecule has 3 rings (SSSR count). The molecule has 1 aliphatic carbocycles. The van der Waals surface area contributed by atoms with Crippen LogP contribution in [0.2, 0.25) is 0 Å². The van der Waals surface area contributed by atoms with Crippen LogP contribution < -0.4 is 5.55 Å². The zero-order valence-corrected chi connectivity index (χ0v) is 12.0. The molecule has 110 valence electrons. The highest BCUT2D eigenvalue weighted by Gasteiger charge is 2.19. The van der Waals surface area contributed by atoms with Crippen LogP contribution in [0.15, 0.2) is 22.6 Å². The summed E-state index contributed by atoms with van der Waals surface area (Å²) < 4.78 is 20.1. The molecule has 1 aromatic heterocycles. The second-order valence-electron chi connectivity index (χ2n) is 5.43. The third-order valence-corrected chi connectivity index (χ3v) is 4.07. The van der Waals surface area contributed by atoms with Crippen molar-refractivity contribution in [3.05, 3.63) is 40.7 Å². The number of halogens is 1. The fourth-order valence-electron chi connectivity index (χ4n) is 2.86. The molecule has 1 aromatic carbocycles. The lowest BCUT2D eigenvalue weighted by atomic mass is 9.92. The topological polar surface area (TPSA) is 57.2 Å². The van der Waals surface area contributed by atoms with Gasteiger partial charge in [0, 0.05) is 11.1 Å². The minimum Gasteiger partial charge on any atom is -0.507 e. The Morgan fingerprint density at radius 3 is 2.81 bits per heavy atom. The molecule has 1 heterocycles. The maximum atomic E-state index is 14.7. The summed E-state index contributed by atoms with van der Waals surface area (Å²) in [5.74, 6) is -0.474. The van der Waals surface area contributed by atoms with E-state index < -0.39 is 5.82 Å². The molecule has 0 radical (unpaired) electrons. The van der Waals surface area contributed by atoms with Gasteiger partial charge in [-0.1, -0.05) is 13.0 Å². The number of hydrogen-bond donors (Lipinski definition) is 2. The molecule has 0 unspecified atom stereocenters. The van der Waals surface area contributed by atoms with Crippen LogP contribution in [0.25, 0.3) is 16.5 Å². The smallest absolute Gasteiger partial charge is 0.215 e. The molecule has 0 aliphatic heterocycles. The second-order valence-corrected chi connectivity index (χ2v) is 5.43. The number of allylic oxidation sites excluding steroid dienone is 2. The number of aromatic hydroxyl groups is 1. The molecule has 21 heavy (non-hydrogen) atoms. The van der Waals surface area contributed by atoms with Gasteiger partial charge in [-0.05, 0) is 49.8 Å². The minimum absolute atomic E-state index is 0.00586. The highest BCUT2D eigenvalue weighted by Crippen LogP contribution is 2.36. The van der Waals surface area contributed by atoms with E-state index in [1.807, 2.05) is 13.0 Å². The summed E-state index contributed by atoms with van der Waals surface area (Å²) in [7, 11) is 0. The molecule has 2 N–H and O–H groups in total. The Morgan fingerprint density at radius 1 is 1.33 bits per heavy atom. The Labute approximate surface area is 122 Å². The van der Waals surface area contributed by atoms with Crippen molar-refractivity contribution in [3.63, 3.8) is 0 Å². The van der Waals surface area contributed by atoms with Crippen molar-refractivity contribution in [2.45, 2.75) is 39.0 Å². The quantitative estimate of drug-likeness (QED) is 0.866. The van der Waals surface area contributed by atoms with Crippen molar-refractivity contribution < 1.29 is 13.9 Å². The van der Waals surface area contributed by atoms with Gasteiger partial charge in [-0.25, -0.2) is 4.39 Å².